The number of halogens is 1. The summed E-state index contributed by atoms with van der Waals surface area (Å²) in [5, 5.41) is 1.77. The van der Waals surface area contributed by atoms with E-state index < -0.39 is 0 Å². The quantitative estimate of drug-likeness (QED) is 0.592. The predicted molar refractivity (Wildman–Crippen MR) is 94.1 cm³/mol. The number of anilines is 2. The van der Waals surface area contributed by atoms with Crippen molar-refractivity contribution in [3.63, 3.8) is 0 Å². The summed E-state index contributed by atoms with van der Waals surface area (Å²) in [4.78, 5) is 8.31. The highest BCUT2D eigenvalue weighted by Gasteiger charge is 2.14. The first kappa shape index (κ1) is 14.4. The first-order valence-corrected chi connectivity index (χ1v) is 7.62. The molecule has 0 spiro atoms. The van der Waals surface area contributed by atoms with Crippen LogP contribution in [-0.4, -0.2) is 14.5 Å². The third-order valence-corrected chi connectivity index (χ3v) is 4.38. The van der Waals surface area contributed by atoms with Crippen LogP contribution in [0.25, 0.3) is 21.8 Å². The fraction of sp³-hybridized carbons (Fsp3) is 0.111. The standard InChI is InChI=1S/C18H16FN5/c1-10(11-2-4-12(19)5-3-11)24-9-8-13-15(24)7-6-14-16(13)17(20)23-18(21)22-14/h2-10H,1H3,(H4,20,21,22,23). The van der Waals surface area contributed by atoms with E-state index in [0.717, 1.165) is 27.4 Å². The maximum atomic E-state index is 13.2. The minimum absolute atomic E-state index is 0.0523. The molecule has 24 heavy (non-hydrogen) atoms. The zero-order valence-electron chi connectivity index (χ0n) is 13.1. The molecule has 4 N–H and O–H groups in total. The molecular formula is C18H16FN5. The van der Waals surface area contributed by atoms with Crippen molar-refractivity contribution in [3.8, 4) is 0 Å². The maximum Gasteiger partial charge on any atom is 0.222 e. The van der Waals surface area contributed by atoms with Gasteiger partial charge < -0.3 is 16.0 Å². The van der Waals surface area contributed by atoms with Crippen LogP contribution >= 0.6 is 0 Å². The molecule has 2 heterocycles. The monoisotopic (exact) mass is 321 g/mol. The van der Waals surface area contributed by atoms with Crippen molar-refractivity contribution < 1.29 is 4.39 Å². The van der Waals surface area contributed by atoms with E-state index in [0.29, 0.717) is 5.82 Å². The molecule has 120 valence electrons. The fourth-order valence-electron chi connectivity index (χ4n) is 3.16. The number of fused-ring (bicyclic) bond motifs is 3. The molecule has 1 atom stereocenters. The van der Waals surface area contributed by atoms with E-state index in [-0.39, 0.29) is 17.8 Å². The highest BCUT2D eigenvalue weighted by Crippen LogP contribution is 2.32. The van der Waals surface area contributed by atoms with Gasteiger partial charge in [0.05, 0.1) is 16.9 Å². The van der Waals surface area contributed by atoms with E-state index in [1.54, 1.807) is 12.1 Å². The highest BCUT2D eigenvalue weighted by atomic mass is 19.1. The van der Waals surface area contributed by atoms with Crippen molar-refractivity contribution in [2.24, 2.45) is 0 Å². The summed E-state index contributed by atoms with van der Waals surface area (Å²) in [5.41, 5.74) is 14.5. The van der Waals surface area contributed by atoms with Crippen LogP contribution in [0.15, 0.2) is 48.7 Å². The summed E-state index contributed by atoms with van der Waals surface area (Å²) in [6.45, 7) is 2.07. The lowest BCUT2D eigenvalue weighted by molar-refractivity contribution is 0.620. The Morgan fingerprint density at radius 3 is 2.50 bits per heavy atom. The molecular weight excluding hydrogens is 305 g/mol. The van der Waals surface area contributed by atoms with Gasteiger partial charge in [-0.1, -0.05) is 12.1 Å². The van der Waals surface area contributed by atoms with Gasteiger partial charge >= 0.3 is 0 Å². The molecule has 0 aliphatic carbocycles. The van der Waals surface area contributed by atoms with Crippen molar-refractivity contribution in [2.75, 3.05) is 11.5 Å². The van der Waals surface area contributed by atoms with Crippen LogP contribution in [0.3, 0.4) is 0 Å². The Hall–Kier alpha value is -3.15. The fourth-order valence-corrected chi connectivity index (χ4v) is 3.16. The van der Waals surface area contributed by atoms with Gasteiger partial charge in [-0.15, -0.1) is 0 Å². The number of rotatable bonds is 2. The van der Waals surface area contributed by atoms with E-state index in [1.807, 2.05) is 24.4 Å². The van der Waals surface area contributed by atoms with Gasteiger partial charge in [0.25, 0.3) is 0 Å². The normalized spacial score (nSPS) is 12.8. The molecule has 2 aromatic carbocycles. The van der Waals surface area contributed by atoms with E-state index in [2.05, 4.69) is 21.5 Å². The van der Waals surface area contributed by atoms with Gasteiger partial charge in [0.1, 0.15) is 11.6 Å². The van der Waals surface area contributed by atoms with Crippen LogP contribution in [-0.2, 0) is 0 Å². The SMILES string of the molecule is CC(c1ccc(F)cc1)n1ccc2c3c(N)nc(N)nc3ccc21. The average Bonchev–Trinajstić information content (AvgIpc) is 2.98. The number of aromatic nitrogens is 3. The molecule has 2 aromatic heterocycles. The van der Waals surface area contributed by atoms with Crippen molar-refractivity contribution in [1.82, 2.24) is 14.5 Å². The molecule has 0 aliphatic heterocycles. The minimum Gasteiger partial charge on any atom is -0.383 e. The number of nitrogens with zero attached hydrogens (tertiary/aromatic N) is 3. The van der Waals surface area contributed by atoms with Gasteiger partial charge in [-0.25, -0.2) is 9.37 Å². The average molecular weight is 321 g/mol. The number of benzene rings is 2. The Kier molecular flexibility index (Phi) is 3.13. The molecule has 5 nitrogen and oxygen atoms in total. The van der Waals surface area contributed by atoms with Crippen LogP contribution in [0.5, 0.6) is 0 Å². The molecule has 0 saturated heterocycles. The van der Waals surface area contributed by atoms with Gasteiger partial charge in [0.15, 0.2) is 0 Å². The van der Waals surface area contributed by atoms with Gasteiger partial charge in [-0.2, -0.15) is 4.98 Å². The number of nitrogens with two attached hydrogens (primary N) is 2. The van der Waals surface area contributed by atoms with Gasteiger partial charge in [-0.05, 0) is 42.8 Å². The Morgan fingerprint density at radius 1 is 1.00 bits per heavy atom. The molecule has 4 rings (SSSR count). The molecule has 0 fully saturated rings. The second-order valence-corrected chi connectivity index (χ2v) is 5.81. The van der Waals surface area contributed by atoms with Gasteiger partial charge in [-0.3, -0.25) is 0 Å². The van der Waals surface area contributed by atoms with Crippen LogP contribution in [0.2, 0.25) is 0 Å². The summed E-state index contributed by atoms with van der Waals surface area (Å²) in [5.74, 6) is 0.297. The summed E-state index contributed by atoms with van der Waals surface area (Å²) >= 11 is 0. The zero-order chi connectivity index (χ0) is 16.8. The largest absolute Gasteiger partial charge is 0.383 e. The van der Waals surface area contributed by atoms with Crippen LogP contribution in [0.4, 0.5) is 16.2 Å². The van der Waals surface area contributed by atoms with Crippen LogP contribution < -0.4 is 11.5 Å². The third-order valence-electron chi connectivity index (χ3n) is 4.38. The molecule has 0 bridgehead atoms. The molecule has 0 saturated carbocycles. The number of hydrogen-bond acceptors (Lipinski definition) is 4. The van der Waals surface area contributed by atoms with E-state index in [4.69, 9.17) is 11.5 Å². The van der Waals surface area contributed by atoms with Crippen molar-refractivity contribution in [1.29, 1.82) is 0 Å². The predicted octanol–water partition coefficient (Wildman–Crippen LogP) is 3.50. The second kappa shape index (κ2) is 5.19. The Labute approximate surface area is 137 Å². The molecule has 6 heteroatoms. The van der Waals surface area contributed by atoms with E-state index in [9.17, 15) is 4.39 Å². The topological polar surface area (TPSA) is 82.8 Å². The van der Waals surface area contributed by atoms with Gasteiger partial charge in [0, 0.05) is 17.1 Å². The summed E-state index contributed by atoms with van der Waals surface area (Å²) in [6, 6.07) is 12.5. The Bertz CT molecular complexity index is 1050. The lowest BCUT2D eigenvalue weighted by atomic mass is 10.1. The highest BCUT2D eigenvalue weighted by molar-refractivity contribution is 6.10. The van der Waals surface area contributed by atoms with E-state index in [1.165, 1.54) is 12.1 Å². The van der Waals surface area contributed by atoms with Crippen molar-refractivity contribution in [3.05, 3.63) is 60.0 Å². The van der Waals surface area contributed by atoms with Crippen molar-refractivity contribution in [2.45, 2.75) is 13.0 Å². The van der Waals surface area contributed by atoms with Crippen LogP contribution in [0.1, 0.15) is 18.5 Å². The molecule has 1 unspecified atom stereocenters. The first-order chi connectivity index (χ1) is 11.5. The zero-order valence-corrected chi connectivity index (χ0v) is 13.1. The van der Waals surface area contributed by atoms with Crippen molar-refractivity contribution >= 4 is 33.6 Å². The lowest BCUT2D eigenvalue weighted by Gasteiger charge is -2.16. The maximum absolute atomic E-state index is 13.2. The molecule has 0 amide bonds. The lowest BCUT2D eigenvalue weighted by Crippen LogP contribution is -2.05. The summed E-state index contributed by atoms with van der Waals surface area (Å²) in [6.07, 6.45) is 1.99. The van der Waals surface area contributed by atoms with E-state index >= 15 is 0 Å². The molecule has 0 aliphatic rings. The van der Waals surface area contributed by atoms with Gasteiger partial charge in [0.2, 0.25) is 5.95 Å². The summed E-state index contributed by atoms with van der Waals surface area (Å²) < 4.78 is 15.3. The second-order valence-electron chi connectivity index (χ2n) is 5.81. The summed E-state index contributed by atoms with van der Waals surface area (Å²) in [7, 11) is 0. The van der Waals surface area contributed by atoms with Crippen LogP contribution in [0, 0.1) is 5.82 Å². The molecule has 0 radical (unpaired) electrons. The Morgan fingerprint density at radius 2 is 1.75 bits per heavy atom. The number of nitrogen functional groups attached to an aromatic ring is 2. The third kappa shape index (κ3) is 2.15. The first-order valence-electron chi connectivity index (χ1n) is 7.62. The smallest absolute Gasteiger partial charge is 0.222 e. The number of hydrogen-bond donors (Lipinski definition) is 2. The Balaban J connectivity index is 1.92. The minimum atomic E-state index is -0.239. The molecule has 4 aromatic rings.